The smallest absolute Gasteiger partial charge is 0.201 e. The third kappa shape index (κ3) is 5.08. The van der Waals surface area contributed by atoms with Gasteiger partial charge in [0, 0.05) is 24.2 Å². The Balaban J connectivity index is 1.44. The van der Waals surface area contributed by atoms with Crippen molar-refractivity contribution >= 4 is 0 Å². The van der Waals surface area contributed by atoms with Crippen LogP contribution in [0.5, 0.6) is 46.0 Å². The molecule has 2 atom stereocenters. The largest absolute Gasteiger partial charge is 0.502 e. The third-order valence-corrected chi connectivity index (χ3v) is 9.21. The summed E-state index contributed by atoms with van der Waals surface area (Å²) in [7, 11) is 7.00. The molecule has 8 heteroatoms. The molecular formula is C36H38N2O6. The number of fused-ring (bicyclic) bond motifs is 2. The Kier molecular flexibility index (Phi) is 7.48. The molecule has 4 aliphatic heterocycles. The van der Waals surface area contributed by atoms with E-state index in [1.807, 2.05) is 30.3 Å². The number of aromatic hydroxyl groups is 1. The molecule has 44 heavy (non-hydrogen) atoms. The summed E-state index contributed by atoms with van der Waals surface area (Å²) in [5.41, 5.74) is 6.69. The molecular weight excluding hydrogens is 556 g/mol. The van der Waals surface area contributed by atoms with Gasteiger partial charge >= 0.3 is 0 Å². The van der Waals surface area contributed by atoms with Gasteiger partial charge in [0.2, 0.25) is 5.75 Å². The molecule has 0 saturated heterocycles. The minimum atomic E-state index is -0.0806. The quantitative estimate of drug-likeness (QED) is 0.278. The van der Waals surface area contributed by atoms with Crippen LogP contribution in [0.3, 0.4) is 0 Å². The lowest BCUT2D eigenvalue weighted by molar-refractivity contribution is 0.221. The zero-order valence-corrected chi connectivity index (χ0v) is 25.6. The number of rotatable bonds is 3. The van der Waals surface area contributed by atoms with Gasteiger partial charge < -0.3 is 34.1 Å². The SMILES string of the molecule is COc1ccc2cc1Oc1ccc(cc1)C[C@@H]1NCCc3cc(OC)c(cc31)Oc1c(O)c(OC)cc3c1[C@H](C2)N(C)CC3. The summed E-state index contributed by atoms with van der Waals surface area (Å²) in [6.45, 7) is 1.73. The standard InChI is InChI=1S/C36H38N2O6/c1-38-14-12-24-19-33(42-4)35(39)36-34(24)28(38)16-22-7-10-29(40-2)31(17-22)43-25-8-5-21(6-9-25)15-27-26-20-32(44-36)30(41-3)18-23(26)11-13-37-27/h5-10,17-20,27-28,37,39H,11-16H2,1-4H3/t27-,28-/m0/s1. The van der Waals surface area contributed by atoms with Crippen molar-refractivity contribution in [1.29, 1.82) is 0 Å². The topological polar surface area (TPSA) is 81.7 Å². The Bertz CT molecular complexity index is 1700. The van der Waals surface area contributed by atoms with Gasteiger partial charge in [0.1, 0.15) is 5.75 Å². The molecule has 0 aliphatic carbocycles. The van der Waals surface area contributed by atoms with Gasteiger partial charge in [-0.2, -0.15) is 0 Å². The summed E-state index contributed by atoms with van der Waals surface area (Å²) in [5.74, 6) is 4.05. The van der Waals surface area contributed by atoms with Gasteiger partial charge in [0.25, 0.3) is 0 Å². The molecule has 6 bridgehead atoms. The van der Waals surface area contributed by atoms with Crippen LogP contribution in [-0.2, 0) is 25.7 Å². The van der Waals surface area contributed by atoms with E-state index in [1.165, 1.54) is 11.1 Å². The summed E-state index contributed by atoms with van der Waals surface area (Å²) < 4.78 is 30.3. The number of nitrogens with zero attached hydrogens (tertiary/aromatic N) is 1. The van der Waals surface area contributed by atoms with E-state index in [0.717, 1.165) is 60.4 Å². The highest BCUT2D eigenvalue weighted by molar-refractivity contribution is 5.63. The number of hydrogen-bond donors (Lipinski definition) is 2. The van der Waals surface area contributed by atoms with Crippen molar-refractivity contribution in [2.75, 3.05) is 41.5 Å². The maximum absolute atomic E-state index is 11.6. The molecule has 4 aromatic carbocycles. The second-order valence-corrected chi connectivity index (χ2v) is 11.8. The highest BCUT2D eigenvalue weighted by Gasteiger charge is 2.34. The van der Waals surface area contributed by atoms with Gasteiger partial charge in [-0.05, 0) is 110 Å². The van der Waals surface area contributed by atoms with Crippen molar-refractivity contribution in [2.24, 2.45) is 0 Å². The number of methoxy groups -OCH3 is 3. The number of phenolic OH excluding ortho intramolecular Hbond substituents is 1. The molecule has 0 saturated carbocycles. The number of benzene rings is 4. The van der Waals surface area contributed by atoms with E-state index in [9.17, 15) is 5.11 Å². The van der Waals surface area contributed by atoms with Crippen LogP contribution in [0.1, 0.15) is 45.5 Å². The van der Waals surface area contributed by atoms with E-state index >= 15 is 0 Å². The first kappa shape index (κ1) is 28.4. The molecule has 0 aromatic heterocycles. The fourth-order valence-electron chi connectivity index (χ4n) is 6.84. The molecule has 0 spiro atoms. The average Bonchev–Trinajstić information content (AvgIpc) is 3.04. The Hall–Kier alpha value is -4.40. The highest BCUT2D eigenvalue weighted by atomic mass is 16.5. The third-order valence-electron chi connectivity index (χ3n) is 9.21. The van der Waals surface area contributed by atoms with Crippen LogP contribution < -0.4 is 29.0 Å². The maximum atomic E-state index is 11.6. The molecule has 228 valence electrons. The molecule has 4 aliphatic rings. The first-order valence-corrected chi connectivity index (χ1v) is 15.1. The first-order chi connectivity index (χ1) is 21.4. The highest BCUT2D eigenvalue weighted by Crippen LogP contribution is 2.51. The molecule has 4 heterocycles. The van der Waals surface area contributed by atoms with Crippen molar-refractivity contribution < 1.29 is 28.8 Å². The second kappa shape index (κ2) is 11.6. The van der Waals surface area contributed by atoms with E-state index in [-0.39, 0.29) is 17.8 Å². The lowest BCUT2D eigenvalue weighted by Crippen LogP contribution is -2.34. The van der Waals surface area contributed by atoms with E-state index < -0.39 is 0 Å². The number of likely N-dealkylation sites (N-methyl/N-ethyl adjacent to an activating group) is 1. The Labute approximate surface area is 258 Å². The Morgan fingerprint density at radius 3 is 2.27 bits per heavy atom. The Morgan fingerprint density at radius 2 is 1.50 bits per heavy atom. The zero-order valence-electron chi connectivity index (χ0n) is 25.6. The van der Waals surface area contributed by atoms with E-state index in [0.29, 0.717) is 40.9 Å². The van der Waals surface area contributed by atoms with Gasteiger partial charge in [-0.25, -0.2) is 0 Å². The van der Waals surface area contributed by atoms with Gasteiger partial charge in [0.05, 0.1) is 21.3 Å². The van der Waals surface area contributed by atoms with Crippen molar-refractivity contribution in [3.05, 3.63) is 94.0 Å². The zero-order chi connectivity index (χ0) is 30.4. The molecule has 0 unspecified atom stereocenters. The summed E-state index contributed by atoms with van der Waals surface area (Å²) in [6, 6.07) is 20.4. The summed E-state index contributed by atoms with van der Waals surface area (Å²) in [4.78, 5) is 2.31. The fraction of sp³-hybridized carbons (Fsp3) is 0.333. The summed E-state index contributed by atoms with van der Waals surface area (Å²) in [6.07, 6.45) is 3.15. The van der Waals surface area contributed by atoms with Crippen LogP contribution in [0.4, 0.5) is 0 Å². The van der Waals surface area contributed by atoms with Crippen molar-refractivity contribution in [1.82, 2.24) is 10.2 Å². The van der Waals surface area contributed by atoms with Crippen LogP contribution in [0.25, 0.3) is 0 Å². The van der Waals surface area contributed by atoms with Crippen LogP contribution >= 0.6 is 0 Å². The van der Waals surface area contributed by atoms with Crippen molar-refractivity contribution in [3.63, 3.8) is 0 Å². The van der Waals surface area contributed by atoms with Gasteiger partial charge in [-0.1, -0.05) is 18.2 Å². The number of ether oxygens (including phenoxy) is 5. The van der Waals surface area contributed by atoms with Crippen LogP contribution in [0.2, 0.25) is 0 Å². The summed E-state index contributed by atoms with van der Waals surface area (Å²) >= 11 is 0. The monoisotopic (exact) mass is 594 g/mol. The first-order valence-electron chi connectivity index (χ1n) is 15.1. The number of nitrogens with one attached hydrogen (secondary N) is 1. The van der Waals surface area contributed by atoms with Gasteiger partial charge in [-0.3, -0.25) is 4.90 Å². The van der Waals surface area contributed by atoms with E-state index in [1.54, 1.807) is 21.3 Å². The molecule has 4 aromatic rings. The Morgan fingerprint density at radius 1 is 0.773 bits per heavy atom. The van der Waals surface area contributed by atoms with Crippen molar-refractivity contribution in [2.45, 2.75) is 37.8 Å². The van der Waals surface area contributed by atoms with E-state index in [2.05, 4.69) is 47.6 Å². The van der Waals surface area contributed by atoms with Crippen LogP contribution in [-0.4, -0.2) is 51.5 Å². The number of phenols is 1. The second-order valence-electron chi connectivity index (χ2n) is 11.8. The predicted molar refractivity (Wildman–Crippen MR) is 168 cm³/mol. The normalized spacial score (nSPS) is 19.1. The number of hydrogen-bond acceptors (Lipinski definition) is 8. The van der Waals surface area contributed by atoms with Gasteiger partial charge in [-0.15, -0.1) is 0 Å². The van der Waals surface area contributed by atoms with E-state index in [4.69, 9.17) is 23.7 Å². The fourth-order valence-corrected chi connectivity index (χ4v) is 6.84. The van der Waals surface area contributed by atoms with Gasteiger partial charge in [0.15, 0.2) is 34.5 Å². The molecule has 0 radical (unpaired) electrons. The average molecular weight is 595 g/mol. The van der Waals surface area contributed by atoms with Crippen LogP contribution in [0, 0.1) is 0 Å². The van der Waals surface area contributed by atoms with Crippen LogP contribution in [0.15, 0.2) is 60.7 Å². The predicted octanol–water partition coefficient (Wildman–Crippen LogP) is 6.52. The minimum Gasteiger partial charge on any atom is -0.502 e. The van der Waals surface area contributed by atoms with Crippen molar-refractivity contribution in [3.8, 4) is 46.0 Å². The molecule has 8 rings (SSSR count). The lowest BCUT2D eigenvalue weighted by atomic mass is 9.87. The minimum absolute atomic E-state index is 0.0197. The lowest BCUT2D eigenvalue weighted by Gasteiger charge is -2.36. The molecule has 2 N–H and O–H groups in total. The molecule has 0 fully saturated rings. The maximum Gasteiger partial charge on any atom is 0.201 e. The molecule has 8 nitrogen and oxygen atoms in total. The summed E-state index contributed by atoms with van der Waals surface area (Å²) in [5, 5.41) is 15.3. The molecule has 0 amide bonds.